The first-order chi connectivity index (χ1) is 15.3. The van der Waals surface area contributed by atoms with E-state index in [1.54, 1.807) is 12.4 Å². The molecule has 0 spiro atoms. The third kappa shape index (κ3) is 3.87. The fraction of sp³-hybridized carbons (Fsp3) is 0.440. The predicted molar refractivity (Wildman–Crippen MR) is 122 cm³/mol. The van der Waals surface area contributed by atoms with Gasteiger partial charge in [0.2, 0.25) is 5.91 Å². The first-order valence-corrected chi connectivity index (χ1v) is 11.3. The lowest BCUT2D eigenvalue weighted by atomic mass is 9.85. The van der Waals surface area contributed by atoms with Gasteiger partial charge in [0, 0.05) is 25.2 Å². The number of hydrogen-bond acceptors (Lipinski definition) is 4. The smallest absolute Gasteiger partial charge is 0.255 e. The van der Waals surface area contributed by atoms with Crippen LogP contribution in [0.4, 0.5) is 0 Å². The summed E-state index contributed by atoms with van der Waals surface area (Å²) in [6.45, 7) is 7.16. The van der Waals surface area contributed by atoms with Crippen molar-refractivity contribution in [1.29, 1.82) is 0 Å². The van der Waals surface area contributed by atoms with Crippen LogP contribution in [0, 0.1) is 5.41 Å². The van der Waals surface area contributed by atoms with Crippen molar-refractivity contribution in [1.82, 2.24) is 25.2 Å². The molecular weight excluding hydrogens is 402 g/mol. The Balaban J connectivity index is 1.39. The Morgan fingerprint density at radius 3 is 2.66 bits per heavy atom. The molecule has 2 amide bonds. The number of amides is 2. The molecule has 1 aliphatic heterocycles. The number of carbonyl (C=O) groups is 2. The van der Waals surface area contributed by atoms with E-state index in [1.807, 2.05) is 37.8 Å². The van der Waals surface area contributed by atoms with Gasteiger partial charge in [0.25, 0.3) is 5.91 Å². The summed E-state index contributed by atoms with van der Waals surface area (Å²) in [4.78, 5) is 40.9. The Morgan fingerprint density at radius 2 is 1.94 bits per heavy atom. The monoisotopic (exact) mass is 431 g/mol. The zero-order valence-electron chi connectivity index (χ0n) is 18.8. The van der Waals surface area contributed by atoms with Gasteiger partial charge in [-0.1, -0.05) is 45.0 Å². The molecule has 2 aromatic heterocycles. The first-order valence-electron chi connectivity index (χ1n) is 11.3. The molecular formula is C25H29N5O2. The highest BCUT2D eigenvalue weighted by atomic mass is 16.2. The number of hydrogen-bond donors (Lipinski definition) is 2. The minimum atomic E-state index is -0.648. The van der Waals surface area contributed by atoms with Crippen LogP contribution in [0.5, 0.6) is 0 Å². The van der Waals surface area contributed by atoms with Gasteiger partial charge in [-0.15, -0.1) is 0 Å². The van der Waals surface area contributed by atoms with Crippen LogP contribution in [-0.2, 0) is 17.8 Å². The van der Waals surface area contributed by atoms with Gasteiger partial charge in [0.05, 0.1) is 17.5 Å². The minimum absolute atomic E-state index is 0.0510. The lowest BCUT2D eigenvalue weighted by Gasteiger charge is -2.37. The minimum Gasteiger partial charge on any atom is -0.344 e. The molecule has 3 aromatic rings. The van der Waals surface area contributed by atoms with Crippen molar-refractivity contribution in [2.45, 2.75) is 58.5 Å². The molecule has 0 bridgehead atoms. The predicted octanol–water partition coefficient (Wildman–Crippen LogP) is 3.56. The van der Waals surface area contributed by atoms with E-state index in [4.69, 9.17) is 4.98 Å². The Kier molecular flexibility index (Phi) is 4.99. The van der Waals surface area contributed by atoms with E-state index in [0.717, 1.165) is 25.0 Å². The number of nitrogens with one attached hydrogen (secondary N) is 2. The molecule has 3 heterocycles. The van der Waals surface area contributed by atoms with Gasteiger partial charge in [0.15, 0.2) is 5.65 Å². The van der Waals surface area contributed by atoms with Crippen molar-refractivity contribution in [2.75, 3.05) is 6.54 Å². The molecule has 1 atom stereocenters. The van der Waals surface area contributed by atoms with Crippen LogP contribution in [0.25, 0.3) is 11.2 Å². The highest BCUT2D eigenvalue weighted by Gasteiger charge is 2.37. The van der Waals surface area contributed by atoms with Crippen LogP contribution >= 0.6 is 0 Å². The number of H-pyrrole nitrogens is 1. The third-order valence-electron chi connectivity index (χ3n) is 6.47. The van der Waals surface area contributed by atoms with Gasteiger partial charge in [-0.05, 0) is 35.8 Å². The van der Waals surface area contributed by atoms with Gasteiger partial charge < -0.3 is 15.2 Å². The largest absolute Gasteiger partial charge is 0.344 e. The molecule has 1 fully saturated rings. The molecule has 2 N–H and O–H groups in total. The second-order valence-electron chi connectivity index (χ2n) is 10.0. The number of aromatic amines is 1. The van der Waals surface area contributed by atoms with Crippen LogP contribution < -0.4 is 5.32 Å². The van der Waals surface area contributed by atoms with Gasteiger partial charge in [0.1, 0.15) is 11.6 Å². The van der Waals surface area contributed by atoms with E-state index < -0.39 is 11.5 Å². The average Bonchev–Trinajstić information content (AvgIpc) is 3.54. The van der Waals surface area contributed by atoms with Crippen LogP contribution in [0.3, 0.4) is 0 Å². The SMILES string of the molecule is CC(C)(C)[C@@H](NC(=O)c1c[nH]c2ncc(C3CC3)nc12)C(=O)N1CCc2ccccc2C1. The van der Waals surface area contributed by atoms with Crippen molar-refractivity contribution >= 4 is 23.0 Å². The second-order valence-corrected chi connectivity index (χ2v) is 10.0. The third-order valence-corrected chi connectivity index (χ3v) is 6.47. The van der Waals surface area contributed by atoms with Crippen LogP contribution in [0.2, 0.25) is 0 Å². The molecule has 166 valence electrons. The van der Waals surface area contributed by atoms with Crippen molar-refractivity contribution < 1.29 is 9.59 Å². The standard InChI is InChI=1S/C25H29N5O2/c1-25(2,3)21(24(32)30-11-10-15-6-4-5-7-17(15)14-30)29-23(31)18-12-26-22-20(18)28-19(13-27-22)16-8-9-16/h4-7,12-13,16,21H,8-11,14H2,1-3H3,(H,26,27)(H,29,31)/t21-/m0/s1. The normalized spacial score (nSPS) is 17.2. The van der Waals surface area contributed by atoms with E-state index in [1.165, 1.54) is 11.1 Å². The summed E-state index contributed by atoms with van der Waals surface area (Å²) in [5.74, 6) is 0.0951. The molecule has 5 rings (SSSR count). The molecule has 0 unspecified atom stereocenters. The molecule has 7 nitrogen and oxygen atoms in total. The van der Waals surface area contributed by atoms with Gasteiger partial charge in [-0.3, -0.25) is 9.59 Å². The van der Waals surface area contributed by atoms with E-state index in [0.29, 0.717) is 35.7 Å². The maximum atomic E-state index is 13.6. The van der Waals surface area contributed by atoms with E-state index in [9.17, 15) is 9.59 Å². The Labute approximate surface area is 187 Å². The summed E-state index contributed by atoms with van der Waals surface area (Å²) >= 11 is 0. The molecule has 0 saturated heterocycles. The summed E-state index contributed by atoms with van der Waals surface area (Å²) in [5, 5.41) is 3.02. The summed E-state index contributed by atoms with van der Waals surface area (Å²) in [5.41, 5.74) is 4.54. The van der Waals surface area contributed by atoms with Crippen LogP contribution in [0.15, 0.2) is 36.7 Å². The maximum Gasteiger partial charge on any atom is 0.255 e. The van der Waals surface area contributed by atoms with Crippen LogP contribution in [0.1, 0.15) is 66.7 Å². The number of fused-ring (bicyclic) bond motifs is 2. The Hall–Kier alpha value is -3.22. The van der Waals surface area contributed by atoms with Gasteiger partial charge in [-0.25, -0.2) is 9.97 Å². The van der Waals surface area contributed by atoms with Crippen molar-refractivity contribution in [3.8, 4) is 0 Å². The van der Waals surface area contributed by atoms with Crippen molar-refractivity contribution in [3.63, 3.8) is 0 Å². The van der Waals surface area contributed by atoms with Crippen molar-refractivity contribution in [3.05, 3.63) is 59.0 Å². The Morgan fingerprint density at radius 1 is 1.19 bits per heavy atom. The summed E-state index contributed by atoms with van der Waals surface area (Å²) in [6.07, 6.45) is 6.48. The number of carbonyl (C=O) groups excluding carboxylic acids is 2. The fourth-order valence-corrected chi connectivity index (χ4v) is 4.38. The number of benzene rings is 1. The van der Waals surface area contributed by atoms with E-state index >= 15 is 0 Å². The number of aromatic nitrogens is 3. The fourth-order valence-electron chi connectivity index (χ4n) is 4.38. The maximum absolute atomic E-state index is 13.6. The quantitative estimate of drug-likeness (QED) is 0.661. The molecule has 1 saturated carbocycles. The Bertz CT molecular complexity index is 1190. The van der Waals surface area contributed by atoms with E-state index in [-0.39, 0.29) is 11.8 Å². The van der Waals surface area contributed by atoms with Gasteiger partial charge >= 0.3 is 0 Å². The van der Waals surface area contributed by atoms with Gasteiger partial charge in [-0.2, -0.15) is 0 Å². The summed E-state index contributed by atoms with van der Waals surface area (Å²) < 4.78 is 0. The summed E-state index contributed by atoms with van der Waals surface area (Å²) in [6, 6.07) is 7.58. The average molecular weight is 432 g/mol. The van der Waals surface area contributed by atoms with Crippen LogP contribution in [-0.4, -0.2) is 44.3 Å². The molecule has 2 aliphatic rings. The molecule has 7 heteroatoms. The zero-order valence-corrected chi connectivity index (χ0v) is 18.8. The number of nitrogens with zero attached hydrogens (tertiary/aromatic N) is 3. The lowest BCUT2D eigenvalue weighted by molar-refractivity contribution is -0.136. The topological polar surface area (TPSA) is 91.0 Å². The second kappa shape index (κ2) is 7.73. The first kappa shape index (κ1) is 20.7. The van der Waals surface area contributed by atoms with E-state index in [2.05, 4.69) is 27.4 Å². The van der Waals surface area contributed by atoms with Crippen molar-refractivity contribution in [2.24, 2.45) is 5.41 Å². The molecule has 32 heavy (non-hydrogen) atoms. The molecule has 1 aromatic carbocycles. The number of rotatable bonds is 4. The molecule has 0 radical (unpaired) electrons. The highest BCUT2D eigenvalue weighted by Crippen LogP contribution is 2.39. The lowest BCUT2D eigenvalue weighted by Crippen LogP contribution is -2.55. The highest BCUT2D eigenvalue weighted by molar-refractivity contribution is 6.06. The summed E-state index contributed by atoms with van der Waals surface area (Å²) in [7, 11) is 0. The zero-order chi connectivity index (χ0) is 22.5. The molecule has 1 aliphatic carbocycles.